The Hall–Kier alpha value is -2.73. The molecule has 0 spiro atoms. The van der Waals surface area contributed by atoms with E-state index in [-0.39, 0.29) is 24.3 Å². The summed E-state index contributed by atoms with van der Waals surface area (Å²) in [6.07, 6.45) is 0.448. The van der Waals surface area contributed by atoms with E-state index in [1.165, 1.54) is 0 Å². The number of carbonyl (C=O) groups excluding carboxylic acids is 1. The molecule has 2 aromatic rings. The third-order valence-corrected chi connectivity index (χ3v) is 3.66. The van der Waals surface area contributed by atoms with Crippen molar-refractivity contribution >= 4 is 24.3 Å². The van der Waals surface area contributed by atoms with Crippen molar-refractivity contribution in [1.82, 2.24) is 5.32 Å². The molecule has 134 valence electrons. The maximum Gasteiger partial charge on any atom is 0.234 e. The number of nitrogens with one attached hydrogen (secondary N) is 2. The summed E-state index contributed by atoms with van der Waals surface area (Å²) in [6, 6.07) is 14.9. The number of nitrogens with two attached hydrogens (primary N) is 1. The zero-order valence-corrected chi connectivity index (χ0v) is 14.9. The summed E-state index contributed by atoms with van der Waals surface area (Å²) >= 11 is 0. The number of guanidine groups is 1. The average Bonchev–Trinajstić information content (AvgIpc) is 2.59. The summed E-state index contributed by atoms with van der Waals surface area (Å²) in [5.74, 6) is 0.0874. The van der Waals surface area contributed by atoms with E-state index in [4.69, 9.17) is 20.6 Å². The Kier molecular flexibility index (Phi) is 7.75. The van der Waals surface area contributed by atoms with Gasteiger partial charge in [0.15, 0.2) is 17.5 Å². The molecule has 1 atom stereocenters. The Bertz CT molecular complexity index is 723. The minimum absolute atomic E-state index is 0. The zero-order valence-electron chi connectivity index (χ0n) is 14.1. The van der Waals surface area contributed by atoms with Gasteiger partial charge in [0.1, 0.15) is 0 Å². The maximum absolute atomic E-state index is 12.4. The average molecular weight is 364 g/mol. The van der Waals surface area contributed by atoms with E-state index in [2.05, 4.69) is 5.32 Å². The van der Waals surface area contributed by atoms with E-state index in [9.17, 15) is 4.79 Å². The van der Waals surface area contributed by atoms with E-state index < -0.39 is 5.92 Å². The molecule has 0 radical (unpaired) electrons. The van der Waals surface area contributed by atoms with Crippen LogP contribution < -0.4 is 20.5 Å². The summed E-state index contributed by atoms with van der Waals surface area (Å²) in [6.45, 7) is 0. The lowest BCUT2D eigenvalue weighted by Crippen LogP contribution is -2.39. The van der Waals surface area contributed by atoms with Gasteiger partial charge in [0, 0.05) is 0 Å². The lowest BCUT2D eigenvalue weighted by molar-refractivity contribution is -0.121. The molecule has 0 bridgehead atoms. The second-order valence-electron chi connectivity index (χ2n) is 5.26. The van der Waals surface area contributed by atoms with Gasteiger partial charge in [0.2, 0.25) is 5.91 Å². The van der Waals surface area contributed by atoms with E-state index in [1.807, 2.05) is 42.5 Å². The fourth-order valence-corrected chi connectivity index (χ4v) is 2.51. The van der Waals surface area contributed by atoms with Crippen molar-refractivity contribution in [2.75, 3.05) is 14.2 Å². The summed E-state index contributed by atoms with van der Waals surface area (Å²) in [4.78, 5) is 12.4. The monoisotopic (exact) mass is 363 g/mol. The van der Waals surface area contributed by atoms with Crippen LogP contribution in [0.5, 0.6) is 11.5 Å². The Morgan fingerprint density at radius 2 is 1.76 bits per heavy atom. The molecule has 25 heavy (non-hydrogen) atoms. The fourth-order valence-electron chi connectivity index (χ4n) is 2.51. The summed E-state index contributed by atoms with van der Waals surface area (Å²) < 4.78 is 10.5. The topological polar surface area (TPSA) is 97.4 Å². The molecular weight excluding hydrogens is 342 g/mol. The van der Waals surface area contributed by atoms with Crippen LogP contribution in [0.3, 0.4) is 0 Å². The minimum Gasteiger partial charge on any atom is -0.493 e. The summed E-state index contributed by atoms with van der Waals surface area (Å²) in [5.41, 5.74) is 7.07. The molecule has 2 rings (SSSR count). The number of carbonyl (C=O) groups is 1. The SMILES string of the molecule is COc1ccc(CC(C(=O)NC(=N)N)c2ccccc2)cc1OC.Cl. The Morgan fingerprint density at radius 1 is 1.12 bits per heavy atom. The van der Waals surface area contributed by atoms with Gasteiger partial charge in [0.05, 0.1) is 20.1 Å². The molecule has 7 heteroatoms. The molecule has 2 aromatic carbocycles. The fraction of sp³-hybridized carbons (Fsp3) is 0.222. The Morgan fingerprint density at radius 3 is 2.32 bits per heavy atom. The number of ether oxygens (including phenoxy) is 2. The number of amides is 1. The van der Waals surface area contributed by atoms with Crippen LogP contribution in [0.2, 0.25) is 0 Å². The first-order chi connectivity index (χ1) is 11.5. The van der Waals surface area contributed by atoms with Crippen LogP contribution in [0.15, 0.2) is 48.5 Å². The predicted octanol–water partition coefficient (Wildman–Crippen LogP) is 2.46. The molecule has 0 heterocycles. The van der Waals surface area contributed by atoms with Gasteiger partial charge in [-0.25, -0.2) is 0 Å². The molecule has 0 fully saturated rings. The first kappa shape index (κ1) is 20.3. The van der Waals surface area contributed by atoms with Crippen LogP contribution >= 0.6 is 12.4 Å². The summed E-state index contributed by atoms with van der Waals surface area (Å²) in [7, 11) is 3.14. The minimum atomic E-state index is -0.465. The smallest absolute Gasteiger partial charge is 0.234 e. The molecule has 0 aromatic heterocycles. The lowest BCUT2D eigenvalue weighted by atomic mass is 9.91. The molecule has 0 aliphatic carbocycles. The number of benzene rings is 2. The number of hydrogen-bond donors (Lipinski definition) is 3. The molecule has 0 saturated heterocycles. The van der Waals surface area contributed by atoms with E-state index in [0.29, 0.717) is 17.9 Å². The van der Waals surface area contributed by atoms with Crippen molar-refractivity contribution in [3.63, 3.8) is 0 Å². The first-order valence-electron chi connectivity index (χ1n) is 7.46. The highest BCUT2D eigenvalue weighted by Crippen LogP contribution is 2.30. The van der Waals surface area contributed by atoms with Gasteiger partial charge < -0.3 is 15.2 Å². The van der Waals surface area contributed by atoms with Crippen molar-refractivity contribution in [1.29, 1.82) is 5.41 Å². The van der Waals surface area contributed by atoms with Gasteiger partial charge in [-0.1, -0.05) is 36.4 Å². The highest BCUT2D eigenvalue weighted by Gasteiger charge is 2.22. The maximum atomic E-state index is 12.4. The summed E-state index contributed by atoms with van der Waals surface area (Å²) in [5, 5.41) is 9.67. The van der Waals surface area contributed by atoms with E-state index in [0.717, 1.165) is 11.1 Å². The molecule has 6 nitrogen and oxygen atoms in total. The van der Waals surface area contributed by atoms with Crippen LogP contribution in [0, 0.1) is 5.41 Å². The van der Waals surface area contributed by atoms with Crippen LogP contribution in [0.4, 0.5) is 0 Å². The van der Waals surface area contributed by atoms with Gasteiger partial charge in [-0.05, 0) is 29.7 Å². The second kappa shape index (κ2) is 9.54. The molecular formula is C18H22ClN3O3. The van der Waals surface area contributed by atoms with E-state index in [1.54, 1.807) is 20.3 Å². The molecule has 0 saturated carbocycles. The lowest BCUT2D eigenvalue weighted by Gasteiger charge is -2.18. The number of methoxy groups -OCH3 is 2. The van der Waals surface area contributed by atoms with Crippen LogP contribution in [0.25, 0.3) is 0 Å². The Labute approximate surface area is 153 Å². The molecule has 0 aliphatic rings. The predicted molar refractivity (Wildman–Crippen MR) is 99.7 cm³/mol. The van der Waals surface area contributed by atoms with Crippen molar-refractivity contribution in [3.8, 4) is 11.5 Å². The van der Waals surface area contributed by atoms with Gasteiger partial charge >= 0.3 is 0 Å². The zero-order chi connectivity index (χ0) is 17.5. The number of hydrogen-bond acceptors (Lipinski definition) is 4. The van der Waals surface area contributed by atoms with Crippen molar-refractivity contribution in [2.45, 2.75) is 12.3 Å². The third-order valence-electron chi connectivity index (χ3n) is 3.66. The molecule has 1 unspecified atom stereocenters. The van der Waals surface area contributed by atoms with Crippen LogP contribution in [-0.2, 0) is 11.2 Å². The van der Waals surface area contributed by atoms with Gasteiger partial charge in [-0.3, -0.25) is 15.5 Å². The van der Waals surface area contributed by atoms with Crippen LogP contribution in [0.1, 0.15) is 17.0 Å². The van der Waals surface area contributed by atoms with Crippen LogP contribution in [-0.4, -0.2) is 26.1 Å². The number of rotatable bonds is 6. The first-order valence-corrected chi connectivity index (χ1v) is 7.46. The largest absolute Gasteiger partial charge is 0.493 e. The second-order valence-corrected chi connectivity index (χ2v) is 5.26. The van der Waals surface area contributed by atoms with Gasteiger partial charge in [-0.2, -0.15) is 0 Å². The molecule has 4 N–H and O–H groups in total. The third kappa shape index (κ3) is 5.39. The molecule has 1 amide bonds. The van der Waals surface area contributed by atoms with Crippen molar-refractivity contribution in [2.24, 2.45) is 5.73 Å². The van der Waals surface area contributed by atoms with Gasteiger partial charge in [-0.15, -0.1) is 12.4 Å². The Balaban J connectivity index is 0.00000312. The quantitative estimate of drug-likeness (QED) is 0.542. The molecule has 0 aliphatic heterocycles. The van der Waals surface area contributed by atoms with Crippen molar-refractivity contribution in [3.05, 3.63) is 59.7 Å². The van der Waals surface area contributed by atoms with Gasteiger partial charge in [0.25, 0.3) is 0 Å². The van der Waals surface area contributed by atoms with Crippen molar-refractivity contribution < 1.29 is 14.3 Å². The number of halogens is 1. The highest BCUT2D eigenvalue weighted by atomic mass is 35.5. The normalized spacial score (nSPS) is 11.0. The standard InChI is InChI=1S/C18H21N3O3.ClH/c1-23-15-9-8-12(11-16(15)24-2)10-14(17(22)21-18(19)20)13-6-4-3-5-7-13;/h3-9,11,14H,10H2,1-2H3,(H4,19,20,21,22);1H. The van der Waals surface area contributed by atoms with E-state index >= 15 is 0 Å². The highest BCUT2D eigenvalue weighted by molar-refractivity contribution is 5.98.